The summed E-state index contributed by atoms with van der Waals surface area (Å²) in [7, 11) is 0. The van der Waals surface area contributed by atoms with E-state index in [0.29, 0.717) is 17.9 Å². The molecule has 0 aliphatic carbocycles. The third kappa shape index (κ3) is 3.64. The van der Waals surface area contributed by atoms with Gasteiger partial charge in [-0.05, 0) is 43.0 Å². The molecular formula is C18H22ClFN6. The fourth-order valence-electron chi connectivity index (χ4n) is 3.01. The standard InChI is InChI=1S/C18H22ClFN6/c1-18(10-21)4-6-26(7-5-18)14-9-24-16(17(23)25-14)15(22)11-2-3-13(20)12(19)8-11/h2-3,8-9,22H,4-7,10,21H2,1H3,(H2,23,25). The molecule has 0 amide bonds. The van der Waals surface area contributed by atoms with Gasteiger partial charge in [-0.1, -0.05) is 18.5 Å². The first-order valence-electron chi connectivity index (χ1n) is 8.45. The molecular weight excluding hydrogens is 355 g/mol. The maximum Gasteiger partial charge on any atom is 0.154 e. The van der Waals surface area contributed by atoms with E-state index >= 15 is 0 Å². The number of benzene rings is 1. The van der Waals surface area contributed by atoms with E-state index in [-0.39, 0.29) is 27.7 Å². The van der Waals surface area contributed by atoms with Crippen LogP contribution in [-0.2, 0) is 0 Å². The lowest BCUT2D eigenvalue weighted by Gasteiger charge is -2.39. The molecule has 138 valence electrons. The molecule has 1 aliphatic heterocycles. The van der Waals surface area contributed by atoms with Crippen LogP contribution in [0.2, 0.25) is 5.02 Å². The zero-order chi connectivity index (χ0) is 18.9. The van der Waals surface area contributed by atoms with Crippen LogP contribution in [0.5, 0.6) is 0 Å². The SMILES string of the molecule is CC1(CN)CCN(c2cnc(C(=N)c3ccc(F)c(Cl)c3)c(N)n2)CC1. The number of halogens is 2. The third-order valence-corrected chi connectivity index (χ3v) is 5.31. The lowest BCUT2D eigenvalue weighted by molar-refractivity contribution is 0.258. The van der Waals surface area contributed by atoms with Crippen molar-refractivity contribution in [3.63, 3.8) is 0 Å². The van der Waals surface area contributed by atoms with Crippen molar-refractivity contribution in [3.8, 4) is 0 Å². The van der Waals surface area contributed by atoms with Crippen LogP contribution in [0.25, 0.3) is 0 Å². The Morgan fingerprint density at radius 3 is 2.65 bits per heavy atom. The monoisotopic (exact) mass is 376 g/mol. The van der Waals surface area contributed by atoms with Crippen molar-refractivity contribution in [1.82, 2.24) is 9.97 Å². The first-order valence-corrected chi connectivity index (χ1v) is 8.83. The van der Waals surface area contributed by atoms with Gasteiger partial charge in [-0.25, -0.2) is 14.4 Å². The largest absolute Gasteiger partial charge is 0.382 e. The van der Waals surface area contributed by atoms with E-state index in [1.165, 1.54) is 18.2 Å². The topological polar surface area (TPSA) is 105 Å². The number of anilines is 2. The van der Waals surface area contributed by atoms with Gasteiger partial charge in [0.05, 0.1) is 16.9 Å². The van der Waals surface area contributed by atoms with Crippen molar-refractivity contribution in [2.75, 3.05) is 30.3 Å². The van der Waals surface area contributed by atoms with E-state index in [4.69, 9.17) is 28.5 Å². The van der Waals surface area contributed by atoms with Crippen molar-refractivity contribution >= 4 is 28.9 Å². The minimum Gasteiger partial charge on any atom is -0.382 e. The summed E-state index contributed by atoms with van der Waals surface area (Å²) in [5.74, 6) is 0.322. The molecule has 1 fully saturated rings. The van der Waals surface area contributed by atoms with Gasteiger partial charge in [0.1, 0.15) is 17.3 Å². The smallest absolute Gasteiger partial charge is 0.154 e. The minimum atomic E-state index is -0.535. The number of piperidine rings is 1. The molecule has 0 atom stereocenters. The molecule has 3 rings (SSSR count). The molecule has 5 N–H and O–H groups in total. The van der Waals surface area contributed by atoms with E-state index in [2.05, 4.69) is 21.8 Å². The Bertz CT molecular complexity index is 832. The zero-order valence-corrected chi connectivity index (χ0v) is 15.4. The Hall–Kier alpha value is -2.25. The lowest BCUT2D eigenvalue weighted by Crippen LogP contribution is -2.42. The van der Waals surface area contributed by atoms with Crippen LogP contribution in [0.15, 0.2) is 24.4 Å². The van der Waals surface area contributed by atoms with Gasteiger partial charge in [0.15, 0.2) is 5.82 Å². The quantitative estimate of drug-likeness (QED) is 0.711. The Labute approximate surface area is 156 Å². The first kappa shape index (κ1) is 18.5. The Kier molecular flexibility index (Phi) is 5.11. The molecule has 8 heteroatoms. The van der Waals surface area contributed by atoms with Crippen molar-refractivity contribution < 1.29 is 4.39 Å². The highest BCUT2D eigenvalue weighted by atomic mass is 35.5. The average Bonchev–Trinajstić information content (AvgIpc) is 2.64. The summed E-state index contributed by atoms with van der Waals surface area (Å²) in [6, 6.07) is 4.07. The number of hydrogen-bond acceptors (Lipinski definition) is 6. The van der Waals surface area contributed by atoms with E-state index in [1.54, 1.807) is 6.20 Å². The second-order valence-electron chi connectivity index (χ2n) is 6.97. The van der Waals surface area contributed by atoms with Crippen molar-refractivity contribution in [3.05, 3.63) is 46.5 Å². The van der Waals surface area contributed by atoms with Crippen LogP contribution in [0.1, 0.15) is 31.0 Å². The number of nitrogens with zero attached hydrogens (tertiary/aromatic N) is 3. The number of aromatic nitrogens is 2. The summed E-state index contributed by atoms with van der Waals surface area (Å²) >= 11 is 5.79. The average molecular weight is 377 g/mol. The number of nitrogens with one attached hydrogen (secondary N) is 1. The molecule has 0 unspecified atom stereocenters. The van der Waals surface area contributed by atoms with Gasteiger partial charge in [0.2, 0.25) is 0 Å². The summed E-state index contributed by atoms with van der Waals surface area (Å²) in [6.07, 6.45) is 3.59. The van der Waals surface area contributed by atoms with Crippen molar-refractivity contribution in [2.45, 2.75) is 19.8 Å². The summed E-state index contributed by atoms with van der Waals surface area (Å²) in [4.78, 5) is 10.9. The summed E-state index contributed by atoms with van der Waals surface area (Å²) in [5, 5.41) is 8.23. The predicted molar refractivity (Wildman–Crippen MR) is 102 cm³/mol. The van der Waals surface area contributed by atoms with Crippen molar-refractivity contribution in [1.29, 1.82) is 5.41 Å². The van der Waals surface area contributed by atoms with Crippen LogP contribution in [-0.4, -0.2) is 35.3 Å². The maximum atomic E-state index is 13.3. The van der Waals surface area contributed by atoms with Crippen LogP contribution < -0.4 is 16.4 Å². The molecule has 1 saturated heterocycles. The summed E-state index contributed by atoms with van der Waals surface area (Å²) < 4.78 is 13.3. The Morgan fingerprint density at radius 2 is 2.08 bits per heavy atom. The van der Waals surface area contributed by atoms with Crippen LogP contribution in [0, 0.1) is 16.6 Å². The molecule has 0 bridgehead atoms. The lowest BCUT2D eigenvalue weighted by atomic mass is 9.80. The molecule has 2 aromatic rings. The Morgan fingerprint density at radius 1 is 1.38 bits per heavy atom. The summed E-state index contributed by atoms with van der Waals surface area (Å²) in [6.45, 7) is 4.55. The van der Waals surface area contributed by atoms with E-state index in [1.807, 2.05) is 0 Å². The fourth-order valence-corrected chi connectivity index (χ4v) is 3.19. The van der Waals surface area contributed by atoms with Crippen LogP contribution in [0.3, 0.4) is 0 Å². The molecule has 26 heavy (non-hydrogen) atoms. The molecule has 1 aromatic carbocycles. The minimum absolute atomic E-state index is 0.0494. The van der Waals surface area contributed by atoms with Gasteiger partial charge in [-0.15, -0.1) is 0 Å². The maximum absolute atomic E-state index is 13.3. The van der Waals surface area contributed by atoms with Crippen LogP contribution in [0.4, 0.5) is 16.0 Å². The second kappa shape index (κ2) is 7.17. The normalized spacial score (nSPS) is 16.5. The van der Waals surface area contributed by atoms with E-state index < -0.39 is 5.82 Å². The number of rotatable bonds is 4. The molecule has 1 aliphatic rings. The van der Waals surface area contributed by atoms with E-state index in [0.717, 1.165) is 25.9 Å². The van der Waals surface area contributed by atoms with Gasteiger partial charge in [-0.3, -0.25) is 5.41 Å². The molecule has 0 radical (unpaired) electrons. The number of hydrogen-bond donors (Lipinski definition) is 3. The highest BCUT2D eigenvalue weighted by Gasteiger charge is 2.29. The predicted octanol–water partition coefficient (Wildman–Crippen LogP) is 2.83. The number of nitrogen functional groups attached to an aromatic ring is 1. The molecule has 1 aromatic heterocycles. The zero-order valence-electron chi connectivity index (χ0n) is 14.6. The van der Waals surface area contributed by atoms with Crippen molar-refractivity contribution in [2.24, 2.45) is 11.1 Å². The van der Waals surface area contributed by atoms with E-state index in [9.17, 15) is 4.39 Å². The molecule has 0 saturated carbocycles. The Balaban J connectivity index is 1.79. The molecule has 6 nitrogen and oxygen atoms in total. The molecule has 0 spiro atoms. The second-order valence-corrected chi connectivity index (χ2v) is 7.37. The third-order valence-electron chi connectivity index (χ3n) is 5.02. The van der Waals surface area contributed by atoms with Gasteiger partial charge in [-0.2, -0.15) is 0 Å². The highest BCUT2D eigenvalue weighted by molar-refractivity contribution is 6.31. The van der Waals surface area contributed by atoms with Gasteiger partial charge >= 0.3 is 0 Å². The van der Waals surface area contributed by atoms with Crippen LogP contribution >= 0.6 is 11.6 Å². The number of nitrogens with two attached hydrogens (primary N) is 2. The summed E-state index contributed by atoms with van der Waals surface area (Å²) in [5.41, 5.74) is 12.8. The highest BCUT2D eigenvalue weighted by Crippen LogP contribution is 2.31. The van der Waals surface area contributed by atoms with Gasteiger partial charge < -0.3 is 16.4 Å². The fraction of sp³-hybridized carbons (Fsp3) is 0.389. The van der Waals surface area contributed by atoms with Gasteiger partial charge in [0, 0.05) is 18.7 Å². The molecule has 2 heterocycles. The van der Waals surface area contributed by atoms with Gasteiger partial charge in [0.25, 0.3) is 0 Å². The first-order chi connectivity index (χ1) is 12.3.